The number of aromatic carboxylic acids is 1. The largest absolute Gasteiger partial charge is 0.478 e. The van der Waals surface area contributed by atoms with Gasteiger partial charge in [-0.15, -0.1) is 0 Å². The van der Waals surface area contributed by atoms with Crippen molar-refractivity contribution in [3.05, 3.63) is 57.2 Å². The highest BCUT2D eigenvalue weighted by atomic mass is 127. The van der Waals surface area contributed by atoms with E-state index in [9.17, 15) is 18.0 Å². The molecule has 2 aromatic rings. The van der Waals surface area contributed by atoms with Crippen LogP contribution < -0.4 is 4.74 Å². The lowest BCUT2D eigenvalue weighted by molar-refractivity contribution is -0.138. The lowest BCUT2D eigenvalue weighted by Crippen LogP contribution is -2.12. The van der Waals surface area contributed by atoms with E-state index in [1.807, 2.05) is 28.7 Å². The van der Waals surface area contributed by atoms with Crippen LogP contribution in [0.2, 0.25) is 0 Å². The molecule has 0 aliphatic rings. The fraction of sp³-hybridized carbons (Fsp3) is 0.0714. The van der Waals surface area contributed by atoms with Gasteiger partial charge >= 0.3 is 12.1 Å². The van der Waals surface area contributed by atoms with Crippen LogP contribution in [0.25, 0.3) is 0 Å². The third-order valence-electron chi connectivity index (χ3n) is 2.56. The van der Waals surface area contributed by atoms with Crippen molar-refractivity contribution in [1.29, 1.82) is 0 Å². The lowest BCUT2D eigenvalue weighted by atomic mass is 10.1. The molecule has 0 aliphatic carbocycles. The maximum atomic E-state index is 12.9. The Hall–Kier alpha value is -1.77. The fourth-order valence-electron chi connectivity index (χ4n) is 1.67. The average Bonchev–Trinajstić information content (AvgIpc) is 2.37. The minimum absolute atomic E-state index is 0.0747. The molecular weight excluding hydrogens is 400 g/mol. The minimum atomic E-state index is -4.77. The van der Waals surface area contributed by atoms with Crippen molar-refractivity contribution in [2.75, 3.05) is 0 Å². The molecule has 0 saturated carbocycles. The summed E-state index contributed by atoms with van der Waals surface area (Å²) < 4.78 is 44.8. The number of hydrogen-bond donors (Lipinski definition) is 1. The van der Waals surface area contributed by atoms with Crippen molar-refractivity contribution >= 4 is 28.6 Å². The summed E-state index contributed by atoms with van der Waals surface area (Å²) in [4.78, 5) is 10.8. The Labute approximate surface area is 131 Å². The quantitative estimate of drug-likeness (QED) is 0.743. The van der Waals surface area contributed by atoms with Crippen LogP contribution in [0.15, 0.2) is 42.5 Å². The van der Waals surface area contributed by atoms with E-state index in [4.69, 9.17) is 9.84 Å². The Balaban J connectivity index is 2.40. The number of carboxylic acids is 1. The first kappa shape index (κ1) is 15.6. The molecular formula is C14H8F3IO3. The van der Waals surface area contributed by atoms with E-state index in [0.717, 1.165) is 9.64 Å². The number of halogens is 4. The van der Waals surface area contributed by atoms with Crippen LogP contribution in [0.1, 0.15) is 15.9 Å². The van der Waals surface area contributed by atoms with Gasteiger partial charge in [-0.1, -0.05) is 6.07 Å². The fourth-order valence-corrected chi connectivity index (χ4v) is 2.19. The number of hydrogen-bond acceptors (Lipinski definition) is 2. The molecule has 0 unspecified atom stereocenters. The van der Waals surface area contributed by atoms with Crippen LogP contribution in [0.4, 0.5) is 13.2 Å². The first-order chi connectivity index (χ1) is 9.77. The average molecular weight is 408 g/mol. The van der Waals surface area contributed by atoms with Crippen LogP contribution in [0.3, 0.4) is 0 Å². The monoisotopic (exact) mass is 408 g/mol. The maximum Gasteiger partial charge on any atom is 0.417 e. The molecule has 0 amide bonds. The van der Waals surface area contributed by atoms with Crippen LogP contribution in [0, 0.1) is 3.57 Å². The molecule has 0 aliphatic heterocycles. The second-order valence-electron chi connectivity index (χ2n) is 4.07. The van der Waals surface area contributed by atoms with Gasteiger partial charge in [0.2, 0.25) is 0 Å². The van der Waals surface area contributed by atoms with Crippen LogP contribution in [0.5, 0.6) is 11.5 Å². The number of rotatable bonds is 3. The summed E-state index contributed by atoms with van der Waals surface area (Å²) in [6.07, 6.45) is -4.77. The number of alkyl halides is 3. The summed E-state index contributed by atoms with van der Waals surface area (Å²) in [5, 5.41) is 8.80. The summed E-state index contributed by atoms with van der Waals surface area (Å²) >= 11 is 2.04. The van der Waals surface area contributed by atoms with Gasteiger partial charge < -0.3 is 9.84 Å². The maximum absolute atomic E-state index is 12.9. The van der Waals surface area contributed by atoms with E-state index in [2.05, 4.69) is 0 Å². The molecule has 0 aromatic heterocycles. The molecule has 0 spiro atoms. The molecule has 1 N–H and O–H groups in total. The molecule has 0 saturated heterocycles. The normalized spacial score (nSPS) is 11.2. The summed E-state index contributed by atoms with van der Waals surface area (Å²) in [6.45, 7) is 0. The third-order valence-corrected chi connectivity index (χ3v) is 3.23. The van der Waals surface area contributed by atoms with E-state index in [1.165, 1.54) is 6.07 Å². The molecule has 0 radical (unpaired) electrons. The molecule has 2 aromatic carbocycles. The Morgan fingerprint density at radius 3 is 2.33 bits per heavy atom. The van der Waals surface area contributed by atoms with Crippen molar-refractivity contribution in [2.24, 2.45) is 0 Å². The van der Waals surface area contributed by atoms with Crippen molar-refractivity contribution in [3.8, 4) is 11.5 Å². The summed E-state index contributed by atoms with van der Waals surface area (Å²) in [6, 6.07) is 9.52. The first-order valence-electron chi connectivity index (χ1n) is 5.65. The van der Waals surface area contributed by atoms with Gasteiger partial charge in [0.1, 0.15) is 11.5 Å². The van der Waals surface area contributed by atoms with Gasteiger partial charge in [-0.25, -0.2) is 4.79 Å². The smallest absolute Gasteiger partial charge is 0.417 e. The molecule has 110 valence electrons. The van der Waals surface area contributed by atoms with Crippen molar-refractivity contribution in [2.45, 2.75) is 6.18 Å². The van der Waals surface area contributed by atoms with E-state index in [-0.39, 0.29) is 5.75 Å². The van der Waals surface area contributed by atoms with E-state index >= 15 is 0 Å². The predicted molar refractivity (Wildman–Crippen MR) is 77.6 cm³/mol. The molecule has 21 heavy (non-hydrogen) atoms. The highest BCUT2D eigenvalue weighted by Crippen LogP contribution is 2.35. The van der Waals surface area contributed by atoms with Gasteiger partial charge in [-0.05, 0) is 59.0 Å². The zero-order chi connectivity index (χ0) is 15.6. The number of carbonyl (C=O) groups is 1. The number of benzene rings is 2. The van der Waals surface area contributed by atoms with Crippen molar-refractivity contribution < 1.29 is 27.8 Å². The SMILES string of the molecule is O=C(O)c1ccc(Oc2cccc(I)c2)cc1C(F)(F)F. The highest BCUT2D eigenvalue weighted by molar-refractivity contribution is 14.1. The van der Waals surface area contributed by atoms with Crippen LogP contribution in [-0.2, 0) is 6.18 Å². The number of ether oxygens (including phenoxy) is 1. The van der Waals surface area contributed by atoms with E-state index in [0.29, 0.717) is 11.8 Å². The zero-order valence-electron chi connectivity index (χ0n) is 10.3. The Kier molecular flexibility index (Phi) is 4.40. The Morgan fingerprint density at radius 1 is 1.10 bits per heavy atom. The first-order valence-corrected chi connectivity index (χ1v) is 6.73. The van der Waals surface area contributed by atoms with Gasteiger partial charge in [-0.2, -0.15) is 13.2 Å². The molecule has 2 rings (SSSR count). The molecule has 0 bridgehead atoms. The second-order valence-corrected chi connectivity index (χ2v) is 5.32. The van der Waals surface area contributed by atoms with Crippen molar-refractivity contribution in [3.63, 3.8) is 0 Å². The Morgan fingerprint density at radius 2 is 1.76 bits per heavy atom. The standard InChI is InChI=1S/C14H8F3IO3/c15-14(16,17)12-7-10(4-5-11(12)13(19)20)21-9-3-1-2-8(18)6-9/h1-7H,(H,19,20). The molecule has 0 fully saturated rings. The summed E-state index contributed by atoms with van der Waals surface area (Å²) in [5.41, 5.74) is -2.05. The Bertz CT molecular complexity index is 683. The molecule has 0 atom stereocenters. The van der Waals surface area contributed by atoms with Gasteiger partial charge in [0.05, 0.1) is 11.1 Å². The van der Waals surface area contributed by atoms with Crippen LogP contribution >= 0.6 is 22.6 Å². The highest BCUT2D eigenvalue weighted by Gasteiger charge is 2.35. The zero-order valence-corrected chi connectivity index (χ0v) is 12.5. The summed E-state index contributed by atoms with van der Waals surface area (Å²) in [7, 11) is 0. The molecule has 3 nitrogen and oxygen atoms in total. The topological polar surface area (TPSA) is 46.5 Å². The van der Waals surface area contributed by atoms with Crippen LogP contribution in [-0.4, -0.2) is 11.1 Å². The van der Waals surface area contributed by atoms with Gasteiger partial charge in [-0.3, -0.25) is 0 Å². The van der Waals surface area contributed by atoms with E-state index < -0.39 is 23.3 Å². The molecule has 7 heteroatoms. The number of carboxylic acid groups (broad SMARTS) is 1. The predicted octanol–water partition coefficient (Wildman–Crippen LogP) is 4.80. The van der Waals surface area contributed by atoms with E-state index in [1.54, 1.807) is 18.2 Å². The lowest BCUT2D eigenvalue weighted by Gasteiger charge is -2.13. The third kappa shape index (κ3) is 3.87. The summed E-state index contributed by atoms with van der Waals surface area (Å²) in [5.74, 6) is -1.34. The minimum Gasteiger partial charge on any atom is -0.478 e. The van der Waals surface area contributed by atoms with Gasteiger partial charge in [0, 0.05) is 3.57 Å². The van der Waals surface area contributed by atoms with Gasteiger partial charge in [0.15, 0.2) is 0 Å². The van der Waals surface area contributed by atoms with Gasteiger partial charge in [0.25, 0.3) is 0 Å². The molecule has 0 heterocycles. The second kappa shape index (κ2) is 5.92. The van der Waals surface area contributed by atoms with Crippen molar-refractivity contribution in [1.82, 2.24) is 0 Å².